The number of nitrogens with zero attached hydrogens (tertiary/aromatic N) is 3. The molecule has 0 unspecified atom stereocenters. The van der Waals surface area contributed by atoms with Crippen LogP contribution < -0.4 is 9.47 Å². The van der Waals surface area contributed by atoms with Crippen LogP contribution in [-0.4, -0.2) is 72.6 Å². The molecule has 2 fully saturated rings. The lowest BCUT2D eigenvalue weighted by molar-refractivity contribution is -0.142. The fourth-order valence-electron chi connectivity index (χ4n) is 4.06. The summed E-state index contributed by atoms with van der Waals surface area (Å²) in [5.74, 6) is 2.23. The van der Waals surface area contributed by atoms with E-state index in [9.17, 15) is 9.59 Å². The molecule has 2 saturated heterocycles. The van der Waals surface area contributed by atoms with Crippen molar-refractivity contribution in [2.45, 2.75) is 32.7 Å². The van der Waals surface area contributed by atoms with E-state index in [-0.39, 0.29) is 25.0 Å². The van der Waals surface area contributed by atoms with Gasteiger partial charge in [0.05, 0.1) is 0 Å². The Morgan fingerprint density at radius 1 is 0.929 bits per heavy atom. The number of hydrogen-bond donors (Lipinski definition) is 0. The molecule has 0 saturated carbocycles. The van der Waals surface area contributed by atoms with Gasteiger partial charge in [-0.3, -0.25) is 14.5 Å². The number of carbonyl (C=O) groups excluding carboxylic acids is 2. The molecule has 0 spiro atoms. The first-order chi connectivity index (χ1) is 13.6. The highest BCUT2D eigenvalue weighted by atomic mass is 16.7. The molecule has 7 nitrogen and oxygen atoms in total. The van der Waals surface area contributed by atoms with Gasteiger partial charge in [0.1, 0.15) is 6.42 Å². The maximum atomic E-state index is 12.5. The first-order valence-corrected chi connectivity index (χ1v) is 10.2. The molecule has 0 aliphatic carbocycles. The van der Waals surface area contributed by atoms with Crippen LogP contribution in [0.4, 0.5) is 0 Å². The second kappa shape index (κ2) is 8.39. The number of likely N-dealkylation sites (tertiary alicyclic amines) is 1. The van der Waals surface area contributed by atoms with E-state index in [1.807, 2.05) is 21.9 Å². The van der Waals surface area contributed by atoms with E-state index in [2.05, 4.69) is 17.9 Å². The Kier molecular flexibility index (Phi) is 5.71. The van der Waals surface area contributed by atoms with Crippen molar-refractivity contribution in [3.05, 3.63) is 23.8 Å². The number of piperazine rings is 1. The number of hydrogen-bond acceptors (Lipinski definition) is 5. The second-order valence-corrected chi connectivity index (χ2v) is 8.08. The molecular weight excluding hydrogens is 358 g/mol. The summed E-state index contributed by atoms with van der Waals surface area (Å²) in [6.45, 7) is 7.88. The average Bonchev–Trinajstić information content (AvgIpc) is 3.17. The van der Waals surface area contributed by atoms with Crippen molar-refractivity contribution >= 4 is 11.8 Å². The fourth-order valence-corrected chi connectivity index (χ4v) is 4.06. The minimum Gasteiger partial charge on any atom is -0.454 e. The van der Waals surface area contributed by atoms with Gasteiger partial charge in [-0.15, -0.1) is 0 Å². The van der Waals surface area contributed by atoms with Gasteiger partial charge in [0.2, 0.25) is 18.6 Å². The van der Waals surface area contributed by atoms with E-state index in [0.29, 0.717) is 19.0 Å². The first kappa shape index (κ1) is 19.1. The zero-order valence-corrected chi connectivity index (χ0v) is 16.6. The Bertz CT molecular complexity index is 722. The lowest BCUT2D eigenvalue weighted by Crippen LogP contribution is -2.49. The third-order valence-electron chi connectivity index (χ3n) is 6.01. The Hall–Kier alpha value is -2.28. The van der Waals surface area contributed by atoms with E-state index in [1.165, 1.54) is 5.56 Å². The van der Waals surface area contributed by atoms with Crippen LogP contribution in [0.3, 0.4) is 0 Å². The maximum Gasteiger partial charge on any atom is 0.232 e. The molecule has 1 aromatic rings. The van der Waals surface area contributed by atoms with Gasteiger partial charge in [0.15, 0.2) is 11.5 Å². The SMILES string of the molecule is CC1CCN(C(=O)CC(=O)N2CCN(Cc3ccc4c(c3)OCO4)CC2)CC1. The van der Waals surface area contributed by atoms with Gasteiger partial charge in [0, 0.05) is 45.8 Å². The first-order valence-electron chi connectivity index (χ1n) is 10.2. The summed E-state index contributed by atoms with van der Waals surface area (Å²) in [5, 5.41) is 0. The van der Waals surface area contributed by atoms with Crippen LogP contribution in [0.2, 0.25) is 0 Å². The second-order valence-electron chi connectivity index (χ2n) is 8.08. The zero-order valence-electron chi connectivity index (χ0n) is 16.6. The molecule has 0 atom stereocenters. The van der Waals surface area contributed by atoms with E-state index in [0.717, 1.165) is 57.1 Å². The van der Waals surface area contributed by atoms with Crippen molar-refractivity contribution < 1.29 is 19.1 Å². The van der Waals surface area contributed by atoms with E-state index in [4.69, 9.17) is 9.47 Å². The molecule has 1 aromatic carbocycles. The van der Waals surface area contributed by atoms with Crippen molar-refractivity contribution in [2.24, 2.45) is 5.92 Å². The maximum absolute atomic E-state index is 12.5. The van der Waals surface area contributed by atoms with Crippen LogP contribution in [0.5, 0.6) is 11.5 Å². The number of benzene rings is 1. The molecule has 4 rings (SSSR count). The highest BCUT2D eigenvalue weighted by Gasteiger charge is 2.26. The summed E-state index contributed by atoms with van der Waals surface area (Å²) in [6.07, 6.45) is 2.09. The molecule has 2 amide bonds. The summed E-state index contributed by atoms with van der Waals surface area (Å²) in [4.78, 5) is 31.0. The third-order valence-corrected chi connectivity index (χ3v) is 6.01. The van der Waals surface area contributed by atoms with Gasteiger partial charge in [-0.2, -0.15) is 0 Å². The van der Waals surface area contributed by atoms with Gasteiger partial charge in [-0.1, -0.05) is 13.0 Å². The zero-order chi connectivity index (χ0) is 19.5. The highest BCUT2D eigenvalue weighted by Crippen LogP contribution is 2.32. The summed E-state index contributed by atoms with van der Waals surface area (Å²) in [7, 11) is 0. The Labute approximate surface area is 166 Å². The summed E-state index contributed by atoms with van der Waals surface area (Å²) >= 11 is 0. The predicted octanol–water partition coefficient (Wildman–Crippen LogP) is 1.71. The van der Waals surface area contributed by atoms with Crippen LogP contribution in [0.25, 0.3) is 0 Å². The summed E-state index contributed by atoms with van der Waals surface area (Å²) in [5.41, 5.74) is 1.18. The normalized spacial score (nSPS) is 20.5. The molecule has 3 heterocycles. The molecule has 28 heavy (non-hydrogen) atoms. The molecule has 0 bridgehead atoms. The van der Waals surface area contributed by atoms with Gasteiger partial charge < -0.3 is 19.3 Å². The monoisotopic (exact) mass is 387 g/mol. The Balaban J connectivity index is 1.22. The van der Waals surface area contributed by atoms with E-state index < -0.39 is 0 Å². The number of amides is 2. The fraction of sp³-hybridized carbons (Fsp3) is 0.619. The summed E-state index contributed by atoms with van der Waals surface area (Å²) in [6, 6.07) is 6.03. The van der Waals surface area contributed by atoms with Crippen molar-refractivity contribution in [1.29, 1.82) is 0 Å². The van der Waals surface area contributed by atoms with Crippen molar-refractivity contribution in [3.8, 4) is 11.5 Å². The molecule has 0 radical (unpaired) electrons. The smallest absolute Gasteiger partial charge is 0.232 e. The van der Waals surface area contributed by atoms with Crippen LogP contribution in [0.15, 0.2) is 18.2 Å². The van der Waals surface area contributed by atoms with Crippen molar-refractivity contribution in [2.75, 3.05) is 46.1 Å². The van der Waals surface area contributed by atoms with Crippen LogP contribution in [0.1, 0.15) is 31.7 Å². The largest absolute Gasteiger partial charge is 0.454 e. The number of rotatable bonds is 4. The van der Waals surface area contributed by atoms with Crippen LogP contribution in [0, 0.1) is 5.92 Å². The number of carbonyl (C=O) groups is 2. The molecular formula is C21H29N3O4. The minimum absolute atomic E-state index is 0.0105. The minimum atomic E-state index is -0.0358. The van der Waals surface area contributed by atoms with Gasteiger partial charge in [0.25, 0.3) is 0 Å². The Morgan fingerprint density at radius 2 is 1.57 bits per heavy atom. The number of piperidine rings is 1. The molecule has 3 aliphatic heterocycles. The lowest BCUT2D eigenvalue weighted by atomic mass is 9.99. The molecule has 0 aromatic heterocycles. The van der Waals surface area contributed by atoms with Gasteiger partial charge in [-0.05, 0) is 36.5 Å². The van der Waals surface area contributed by atoms with Crippen LogP contribution >= 0.6 is 0 Å². The topological polar surface area (TPSA) is 62.3 Å². The van der Waals surface area contributed by atoms with Crippen molar-refractivity contribution in [3.63, 3.8) is 0 Å². The summed E-state index contributed by atoms with van der Waals surface area (Å²) < 4.78 is 10.8. The molecule has 152 valence electrons. The van der Waals surface area contributed by atoms with Gasteiger partial charge >= 0.3 is 0 Å². The standard InChI is InChI=1S/C21H29N3O4/c1-16-4-6-23(7-5-16)20(25)13-21(26)24-10-8-22(9-11-24)14-17-2-3-18-19(12-17)28-15-27-18/h2-3,12,16H,4-11,13-15H2,1H3. The predicted molar refractivity (Wildman–Crippen MR) is 104 cm³/mol. The van der Waals surface area contributed by atoms with Gasteiger partial charge in [-0.25, -0.2) is 0 Å². The number of fused-ring (bicyclic) bond motifs is 1. The molecule has 3 aliphatic rings. The van der Waals surface area contributed by atoms with Crippen molar-refractivity contribution in [1.82, 2.24) is 14.7 Å². The highest BCUT2D eigenvalue weighted by molar-refractivity contribution is 5.97. The van der Waals surface area contributed by atoms with E-state index >= 15 is 0 Å². The average molecular weight is 387 g/mol. The molecule has 7 heteroatoms. The number of ether oxygens (including phenoxy) is 2. The Morgan fingerprint density at radius 3 is 2.29 bits per heavy atom. The molecule has 0 N–H and O–H groups in total. The lowest BCUT2D eigenvalue weighted by Gasteiger charge is -2.35. The van der Waals surface area contributed by atoms with E-state index in [1.54, 1.807) is 0 Å². The third kappa shape index (κ3) is 4.41. The quantitative estimate of drug-likeness (QED) is 0.736. The van der Waals surface area contributed by atoms with Crippen LogP contribution in [-0.2, 0) is 16.1 Å².